The number of carbonyl (C=O) groups excluding carboxylic acids is 1. The third-order valence-corrected chi connectivity index (χ3v) is 6.17. The van der Waals surface area contributed by atoms with Crippen molar-refractivity contribution in [3.05, 3.63) is 40.6 Å². The fourth-order valence-corrected chi connectivity index (χ4v) is 4.57. The number of hydrogen-bond acceptors (Lipinski definition) is 4. The topological polar surface area (TPSA) is 81.4 Å². The van der Waals surface area contributed by atoms with E-state index < -0.39 is 0 Å². The van der Waals surface area contributed by atoms with Crippen molar-refractivity contribution in [2.45, 2.75) is 50.5 Å². The van der Waals surface area contributed by atoms with Gasteiger partial charge in [-0.25, -0.2) is 14.3 Å². The number of rotatable bonds is 4. The summed E-state index contributed by atoms with van der Waals surface area (Å²) < 4.78 is 8.71. The predicted octanol–water partition coefficient (Wildman–Crippen LogP) is 3.12. The van der Waals surface area contributed by atoms with E-state index >= 15 is 0 Å². The van der Waals surface area contributed by atoms with Crippen LogP contribution in [0.25, 0.3) is 0 Å². The number of aromatic nitrogens is 3. The lowest BCUT2D eigenvalue weighted by Crippen LogP contribution is -2.41. The van der Waals surface area contributed by atoms with Crippen LogP contribution in [0, 0.1) is 0 Å². The van der Waals surface area contributed by atoms with Crippen LogP contribution in [-0.2, 0) is 7.05 Å². The number of methoxy groups -OCH3 is 1. The van der Waals surface area contributed by atoms with Crippen molar-refractivity contribution >= 4 is 11.7 Å². The molecule has 1 N–H and O–H groups in total. The Morgan fingerprint density at radius 1 is 1.14 bits per heavy atom. The zero-order chi connectivity index (χ0) is 20.4. The number of carbonyl (C=O) groups is 1. The molecular weight excluding hydrogens is 370 g/mol. The number of piperidine rings is 1. The van der Waals surface area contributed by atoms with Gasteiger partial charge in [-0.15, -0.1) is 0 Å². The highest BCUT2D eigenvalue weighted by Gasteiger charge is 2.31. The Hall–Kier alpha value is -2.77. The Labute approximate surface area is 170 Å². The molecule has 2 fully saturated rings. The van der Waals surface area contributed by atoms with Gasteiger partial charge in [0.25, 0.3) is 0 Å². The van der Waals surface area contributed by atoms with Crippen LogP contribution < -0.4 is 15.7 Å². The lowest BCUT2D eigenvalue weighted by Gasteiger charge is -2.32. The molecule has 1 aromatic heterocycles. The first kappa shape index (κ1) is 19.5. The van der Waals surface area contributed by atoms with E-state index in [4.69, 9.17) is 4.74 Å². The third kappa shape index (κ3) is 3.88. The standard InChI is InChI=1S/C21H29N5O3/c1-24-21(28)26(16-7-3-4-8-16)19(23-24)15-11-13-25(14-12-15)20(27)22-17-9-5-6-10-18(17)29-2/h5-6,9-10,15-16H,3-4,7-8,11-14H2,1-2H3,(H,22,27). The average Bonchev–Trinajstić information content (AvgIpc) is 3.37. The van der Waals surface area contributed by atoms with Crippen molar-refractivity contribution in [3.8, 4) is 5.75 Å². The maximum atomic E-state index is 12.7. The van der Waals surface area contributed by atoms with E-state index in [2.05, 4.69) is 10.4 Å². The molecule has 156 valence electrons. The molecule has 1 saturated heterocycles. The number of hydrogen-bond donors (Lipinski definition) is 1. The Bertz CT molecular complexity index is 921. The fraction of sp³-hybridized carbons (Fsp3) is 0.571. The first-order valence-electron chi connectivity index (χ1n) is 10.4. The summed E-state index contributed by atoms with van der Waals surface area (Å²) in [7, 11) is 3.32. The fourth-order valence-electron chi connectivity index (χ4n) is 4.57. The molecule has 8 heteroatoms. The number of aryl methyl sites for hydroxylation is 1. The van der Waals surface area contributed by atoms with Gasteiger partial charge in [0.2, 0.25) is 0 Å². The summed E-state index contributed by atoms with van der Waals surface area (Å²) in [6.07, 6.45) is 6.07. The van der Waals surface area contributed by atoms with Crippen molar-refractivity contribution in [3.63, 3.8) is 0 Å². The summed E-state index contributed by atoms with van der Waals surface area (Å²) in [5.41, 5.74) is 0.658. The first-order valence-corrected chi connectivity index (χ1v) is 10.4. The van der Waals surface area contributed by atoms with E-state index in [1.54, 1.807) is 14.2 Å². The minimum atomic E-state index is -0.123. The summed E-state index contributed by atoms with van der Waals surface area (Å²) in [6.45, 7) is 1.28. The summed E-state index contributed by atoms with van der Waals surface area (Å²) in [5, 5.41) is 7.51. The molecule has 2 aromatic rings. The number of nitrogens with one attached hydrogen (secondary N) is 1. The number of likely N-dealkylation sites (tertiary alicyclic amines) is 1. The highest BCUT2D eigenvalue weighted by molar-refractivity contribution is 5.91. The van der Waals surface area contributed by atoms with Gasteiger partial charge < -0.3 is 15.0 Å². The SMILES string of the molecule is COc1ccccc1NC(=O)N1CCC(c2nn(C)c(=O)n2C2CCCC2)CC1. The van der Waals surface area contributed by atoms with Gasteiger partial charge in [0.15, 0.2) is 0 Å². The third-order valence-electron chi connectivity index (χ3n) is 6.17. The zero-order valence-corrected chi connectivity index (χ0v) is 17.1. The minimum absolute atomic E-state index is 0.0109. The van der Waals surface area contributed by atoms with Gasteiger partial charge in [-0.1, -0.05) is 25.0 Å². The molecule has 0 unspecified atom stereocenters. The maximum Gasteiger partial charge on any atom is 0.345 e. The Morgan fingerprint density at radius 3 is 2.52 bits per heavy atom. The zero-order valence-electron chi connectivity index (χ0n) is 17.1. The second kappa shape index (κ2) is 8.31. The Morgan fingerprint density at radius 2 is 1.83 bits per heavy atom. The van der Waals surface area contributed by atoms with E-state index in [0.29, 0.717) is 24.5 Å². The number of anilines is 1. The molecule has 2 heterocycles. The van der Waals surface area contributed by atoms with Gasteiger partial charge in [0, 0.05) is 32.1 Å². The minimum Gasteiger partial charge on any atom is -0.495 e. The molecule has 1 aromatic carbocycles. The van der Waals surface area contributed by atoms with Crippen LogP contribution in [0.1, 0.15) is 56.3 Å². The maximum absolute atomic E-state index is 12.7. The molecule has 1 saturated carbocycles. The monoisotopic (exact) mass is 399 g/mol. The van der Waals surface area contributed by atoms with Crippen molar-refractivity contribution in [1.29, 1.82) is 0 Å². The lowest BCUT2D eigenvalue weighted by atomic mass is 9.95. The molecule has 4 rings (SSSR count). The number of para-hydroxylation sites is 2. The second-order valence-electron chi connectivity index (χ2n) is 7.96. The van der Waals surface area contributed by atoms with Gasteiger partial charge >= 0.3 is 11.7 Å². The van der Waals surface area contributed by atoms with Crippen molar-refractivity contribution in [2.24, 2.45) is 7.05 Å². The molecule has 0 bridgehead atoms. The highest BCUT2D eigenvalue weighted by atomic mass is 16.5. The van der Waals surface area contributed by atoms with Crippen LogP contribution in [0.15, 0.2) is 29.1 Å². The van der Waals surface area contributed by atoms with Crippen LogP contribution in [-0.4, -0.2) is 45.5 Å². The second-order valence-corrected chi connectivity index (χ2v) is 7.96. The van der Waals surface area contributed by atoms with Crippen molar-refractivity contribution < 1.29 is 9.53 Å². The smallest absolute Gasteiger partial charge is 0.345 e. The quantitative estimate of drug-likeness (QED) is 0.856. The molecule has 1 aliphatic carbocycles. The Balaban J connectivity index is 1.43. The van der Waals surface area contributed by atoms with Gasteiger partial charge in [0.05, 0.1) is 12.8 Å². The number of urea groups is 1. The van der Waals surface area contributed by atoms with Crippen LogP contribution in [0.4, 0.5) is 10.5 Å². The molecular formula is C21H29N5O3. The first-order chi connectivity index (χ1) is 14.1. The van der Waals surface area contributed by atoms with Crippen LogP contribution >= 0.6 is 0 Å². The average molecular weight is 399 g/mol. The van der Waals surface area contributed by atoms with Gasteiger partial charge in [-0.2, -0.15) is 5.10 Å². The summed E-state index contributed by atoms with van der Waals surface area (Å²) in [4.78, 5) is 27.2. The molecule has 2 amide bonds. The van der Waals surface area contributed by atoms with Crippen molar-refractivity contribution in [1.82, 2.24) is 19.2 Å². The van der Waals surface area contributed by atoms with E-state index in [1.807, 2.05) is 33.7 Å². The summed E-state index contributed by atoms with van der Waals surface area (Å²) in [6, 6.07) is 7.55. The van der Waals surface area contributed by atoms with Gasteiger partial charge in [0.1, 0.15) is 11.6 Å². The molecule has 2 aliphatic rings. The predicted molar refractivity (Wildman–Crippen MR) is 111 cm³/mol. The highest BCUT2D eigenvalue weighted by Crippen LogP contribution is 2.33. The Kier molecular flexibility index (Phi) is 5.60. The van der Waals surface area contributed by atoms with Gasteiger partial charge in [-0.3, -0.25) is 4.57 Å². The molecule has 1 aliphatic heterocycles. The molecule has 0 radical (unpaired) electrons. The normalized spacial score (nSPS) is 18.2. The van der Waals surface area contributed by atoms with Crippen molar-refractivity contribution in [2.75, 3.05) is 25.5 Å². The van der Waals surface area contributed by atoms with E-state index in [0.717, 1.165) is 31.5 Å². The number of benzene rings is 1. The molecule has 8 nitrogen and oxygen atoms in total. The molecule has 0 spiro atoms. The van der Waals surface area contributed by atoms with E-state index in [9.17, 15) is 9.59 Å². The van der Waals surface area contributed by atoms with Crippen LogP contribution in [0.5, 0.6) is 5.75 Å². The van der Waals surface area contributed by atoms with Crippen LogP contribution in [0.3, 0.4) is 0 Å². The summed E-state index contributed by atoms with van der Waals surface area (Å²) in [5.74, 6) is 1.75. The lowest BCUT2D eigenvalue weighted by molar-refractivity contribution is 0.192. The summed E-state index contributed by atoms with van der Waals surface area (Å²) >= 11 is 0. The largest absolute Gasteiger partial charge is 0.495 e. The number of nitrogens with zero attached hydrogens (tertiary/aromatic N) is 4. The van der Waals surface area contributed by atoms with Gasteiger partial charge in [-0.05, 0) is 37.8 Å². The van der Waals surface area contributed by atoms with E-state index in [1.165, 1.54) is 17.5 Å². The molecule has 0 atom stereocenters. The number of ether oxygens (including phenoxy) is 1. The molecule has 29 heavy (non-hydrogen) atoms. The number of amides is 2. The van der Waals surface area contributed by atoms with E-state index in [-0.39, 0.29) is 23.7 Å². The van der Waals surface area contributed by atoms with Crippen LogP contribution in [0.2, 0.25) is 0 Å².